The zero-order valence-electron chi connectivity index (χ0n) is 28.0. The summed E-state index contributed by atoms with van der Waals surface area (Å²) in [6.07, 6.45) is 40.4. The van der Waals surface area contributed by atoms with E-state index in [9.17, 15) is 9.59 Å². The zero-order valence-corrected chi connectivity index (χ0v) is 31.0. The van der Waals surface area contributed by atoms with Crippen molar-refractivity contribution in [1.82, 2.24) is 0 Å². The fourth-order valence-electron chi connectivity index (χ4n) is 5.30. The number of hydrogen-bond donors (Lipinski definition) is 2. The Bertz CT molecular complexity index is 461. The van der Waals surface area contributed by atoms with Crippen molar-refractivity contribution in [3.8, 4) is 0 Å². The van der Waals surface area contributed by atoms with Crippen LogP contribution in [0.15, 0.2) is 0 Å². The molecule has 0 unspecified atom stereocenters. The molecule has 246 valence electrons. The van der Waals surface area contributed by atoms with Crippen LogP contribution < -0.4 is 0 Å². The van der Waals surface area contributed by atoms with E-state index in [0.29, 0.717) is 12.8 Å². The van der Waals surface area contributed by atoms with Gasteiger partial charge in [-0.2, -0.15) is 0 Å². The van der Waals surface area contributed by atoms with E-state index in [0.717, 1.165) is 25.7 Å². The summed E-state index contributed by atoms with van der Waals surface area (Å²) in [7, 11) is 0. The van der Waals surface area contributed by atoms with Crippen LogP contribution >= 0.6 is 0 Å². The Hall–Kier alpha value is 0.823. The van der Waals surface area contributed by atoms with Crippen LogP contribution in [0.25, 0.3) is 0 Å². The molecule has 0 aliphatic rings. The molecule has 0 fully saturated rings. The third-order valence-electron chi connectivity index (χ3n) is 7.99. The third-order valence-corrected chi connectivity index (χ3v) is 7.99. The molecule has 0 amide bonds. The Morgan fingerprint density at radius 2 is 0.476 bits per heavy atom. The van der Waals surface area contributed by atoms with Crippen molar-refractivity contribution in [2.45, 2.75) is 219 Å². The van der Waals surface area contributed by atoms with E-state index in [-0.39, 0.29) is 57.2 Å². The van der Waals surface area contributed by atoms with Gasteiger partial charge in [0.2, 0.25) is 0 Å². The predicted octanol–water partition coefficient (Wildman–Crippen LogP) is 11.7. The molecule has 0 radical (unpaired) electrons. The number of carbonyl (C=O) groups is 2. The normalized spacial score (nSPS) is 10.3. The maximum Gasteiger partial charge on any atom is 0 e. The topological polar surface area (TPSA) is 74.6 Å². The van der Waals surface area contributed by atoms with Crippen molar-refractivity contribution in [3.63, 3.8) is 0 Å². The summed E-state index contributed by atoms with van der Waals surface area (Å²) in [4.78, 5) is 20.7. The number of hydrogen-bond acceptors (Lipinski definition) is 2. The van der Waals surface area contributed by atoms with Crippen LogP contribution in [0.4, 0.5) is 0 Å². The van der Waals surface area contributed by atoms with E-state index in [1.807, 2.05) is 0 Å². The molecule has 6 heteroatoms. The number of aliphatic carboxylic acids is 2. The van der Waals surface area contributed by atoms with Crippen molar-refractivity contribution in [3.05, 3.63) is 0 Å². The number of carboxylic acids is 2. The molecule has 42 heavy (non-hydrogen) atoms. The van der Waals surface area contributed by atoms with Gasteiger partial charge < -0.3 is 10.2 Å². The largest absolute Gasteiger partial charge is 0 e. The Labute approximate surface area is 305 Å². The van der Waals surface area contributed by atoms with Gasteiger partial charge in [-0.15, -0.1) is 0 Å². The van der Waals surface area contributed by atoms with Gasteiger partial charge >= 0.3 is 49.7 Å². The van der Waals surface area contributed by atoms with Gasteiger partial charge in [0, 0.05) is 32.3 Å². The van der Waals surface area contributed by atoms with Crippen molar-refractivity contribution >= 4 is 49.7 Å². The molecule has 0 aliphatic heterocycles. The average Bonchev–Trinajstić information content (AvgIpc) is 2.93. The van der Waals surface area contributed by atoms with Crippen LogP contribution in [0.5, 0.6) is 0 Å². The van der Waals surface area contributed by atoms with E-state index >= 15 is 0 Å². The van der Waals surface area contributed by atoms with Crippen molar-refractivity contribution < 1.29 is 39.3 Å². The average molecular weight is 676 g/mol. The van der Waals surface area contributed by atoms with Crippen molar-refractivity contribution in [1.29, 1.82) is 0 Å². The van der Waals surface area contributed by atoms with Gasteiger partial charge in [0.1, 0.15) is 0 Å². The minimum atomic E-state index is -0.653. The zero-order chi connectivity index (χ0) is 29.8. The van der Waals surface area contributed by atoms with E-state index < -0.39 is 11.9 Å². The Balaban J connectivity index is -0.000000328. The second kappa shape index (κ2) is 46.2. The molecule has 0 aromatic heterocycles. The fraction of sp³-hybridized carbons (Fsp3) is 0.944. The maximum atomic E-state index is 10.3. The summed E-state index contributed by atoms with van der Waals surface area (Å²) in [5, 5.41) is 17.0. The van der Waals surface area contributed by atoms with Crippen LogP contribution in [0.1, 0.15) is 219 Å². The molecular formula is C36H74CaO4Zn. The van der Waals surface area contributed by atoms with Crippen LogP contribution in [0.3, 0.4) is 0 Å². The molecule has 0 aliphatic carbocycles. The standard InChI is InChI=1S/2C18H36O2.Ca.Zn.2H/c2*1-2-3-4-5-6-7-8-9-10-11-12-13-14-15-16-17-18(19)20;;;;/h2*2-17H2,1H3,(H,19,20);;;;. The van der Waals surface area contributed by atoms with E-state index in [1.54, 1.807) is 0 Å². The van der Waals surface area contributed by atoms with Gasteiger partial charge in [-0.1, -0.05) is 194 Å². The van der Waals surface area contributed by atoms with Gasteiger partial charge in [0.05, 0.1) is 0 Å². The van der Waals surface area contributed by atoms with Crippen LogP contribution in [-0.2, 0) is 29.1 Å². The molecule has 0 rings (SSSR count). The molecule has 0 saturated heterocycles. The fourth-order valence-corrected chi connectivity index (χ4v) is 5.30. The maximum absolute atomic E-state index is 10.3. The molecule has 0 bridgehead atoms. The molecule has 0 atom stereocenters. The summed E-state index contributed by atoms with van der Waals surface area (Å²) in [5.74, 6) is -1.31. The second-order valence-electron chi connectivity index (χ2n) is 12.2. The number of carboxylic acid groups (broad SMARTS) is 2. The Morgan fingerprint density at radius 3 is 0.619 bits per heavy atom. The van der Waals surface area contributed by atoms with Gasteiger partial charge in [-0.3, -0.25) is 9.59 Å². The molecule has 4 nitrogen and oxygen atoms in total. The quantitative estimate of drug-likeness (QED) is 0.0549. The Morgan fingerprint density at radius 1 is 0.333 bits per heavy atom. The Kier molecular flexibility index (Phi) is 54.7. The summed E-state index contributed by atoms with van der Waals surface area (Å²) >= 11 is 0. The first-order valence-electron chi connectivity index (χ1n) is 18.0. The molecular weight excluding hydrogens is 602 g/mol. The van der Waals surface area contributed by atoms with Crippen LogP contribution in [0, 0.1) is 0 Å². The molecule has 0 heterocycles. The smallest absolute Gasteiger partial charge is 0 e. The summed E-state index contributed by atoms with van der Waals surface area (Å²) in [5.41, 5.74) is 0. The molecule has 0 aromatic carbocycles. The number of rotatable bonds is 32. The van der Waals surface area contributed by atoms with E-state index in [4.69, 9.17) is 10.2 Å². The third kappa shape index (κ3) is 53.4. The SMILES string of the molecule is CCCCCCCCCCCCCCCCCC(=O)O.CCCCCCCCCCCCCCCCCC(=O)O.[CaH2].[Zn]. The predicted molar refractivity (Wildman–Crippen MR) is 183 cm³/mol. The first-order chi connectivity index (χ1) is 19.5. The molecule has 0 saturated carbocycles. The van der Waals surface area contributed by atoms with E-state index in [1.165, 1.54) is 167 Å². The van der Waals surface area contributed by atoms with Gasteiger partial charge in [-0.05, 0) is 12.8 Å². The second-order valence-corrected chi connectivity index (χ2v) is 12.2. The first kappa shape index (κ1) is 49.7. The number of unbranched alkanes of at least 4 members (excludes halogenated alkanes) is 28. The van der Waals surface area contributed by atoms with Gasteiger partial charge in [0.15, 0.2) is 0 Å². The van der Waals surface area contributed by atoms with Gasteiger partial charge in [-0.25, -0.2) is 0 Å². The molecule has 0 spiro atoms. The van der Waals surface area contributed by atoms with Crippen LogP contribution in [0.2, 0.25) is 0 Å². The van der Waals surface area contributed by atoms with Gasteiger partial charge in [0.25, 0.3) is 0 Å². The van der Waals surface area contributed by atoms with Crippen LogP contribution in [-0.4, -0.2) is 59.9 Å². The van der Waals surface area contributed by atoms with Crippen molar-refractivity contribution in [2.75, 3.05) is 0 Å². The van der Waals surface area contributed by atoms with E-state index in [2.05, 4.69) is 13.8 Å². The minimum absolute atomic E-state index is 0. The van der Waals surface area contributed by atoms with Crippen molar-refractivity contribution in [2.24, 2.45) is 0 Å². The summed E-state index contributed by atoms with van der Waals surface area (Å²) in [6.45, 7) is 4.54. The summed E-state index contributed by atoms with van der Waals surface area (Å²) in [6, 6.07) is 0. The molecule has 0 aromatic rings. The molecule has 2 N–H and O–H groups in total. The minimum Gasteiger partial charge on any atom is 0 e. The first-order valence-corrected chi connectivity index (χ1v) is 18.0. The summed E-state index contributed by atoms with van der Waals surface area (Å²) < 4.78 is 0. The monoisotopic (exact) mass is 674 g/mol.